The quantitative estimate of drug-likeness (QED) is 0.874. The van der Waals surface area contributed by atoms with Gasteiger partial charge in [0.15, 0.2) is 0 Å². The highest BCUT2D eigenvalue weighted by Crippen LogP contribution is 2.25. The van der Waals surface area contributed by atoms with Crippen LogP contribution in [0.2, 0.25) is 0 Å². The first kappa shape index (κ1) is 11.0. The van der Waals surface area contributed by atoms with Gasteiger partial charge in [0, 0.05) is 15.7 Å². The summed E-state index contributed by atoms with van der Waals surface area (Å²) < 4.78 is 14.4. The molecule has 0 unspecified atom stereocenters. The maximum absolute atomic E-state index is 13.6. The van der Waals surface area contributed by atoms with E-state index in [1.54, 1.807) is 25.1 Å². The Morgan fingerprint density at radius 3 is 2.69 bits per heavy atom. The Balaban J connectivity index is 2.62. The molecule has 0 atom stereocenters. The summed E-state index contributed by atoms with van der Waals surface area (Å²) in [5.41, 5.74) is 7.14. The fourth-order valence-electron chi connectivity index (χ4n) is 1.42. The van der Waals surface area contributed by atoms with E-state index in [-0.39, 0.29) is 11.8 Å². The van der Waals surface area contributed by atoms with Gasteiger partial charge in [-0.25, -0.2) is 14.4 Å². The van der Waals surface area contributed by atoms with E-state index in [0.29, 0.717) is 17.0 Å². The van der Waals surface area contributed by atoms with Crippen LogP contribution in [0.3, 0.4) is 0 Å². The number of nitrogens with zero attached hydrogens (tertiary/aromatic N) is 2. The maximum Gasteiger partial charge on any atom is 0.220 e. The number of benzene rings is 1. The zero-order valence-electron chi connectivity index (χ0n) is 8.54. The molecule has 82 valence electrons. The lowest BCUT2D eigenvalue weighted by atomic mass is 10.1. The van der Waals surface area contributed by atoms with Gasteiger partial charge < -0.3 is 5.73 Å². The van der Waals surface area contributed by atoms with Crippen molar-refractivity contribution in [1.29, 1.82) is 0 Å². The van der Waals surface area contributed by atoms with E-state index in [2.05, 4.69) is 25.9 Å². The summed E-state index contributed by atoms with van der Waals surface area (Å²) >= 11 is 3.29. The van der Waals surface area contributed by atoms with Crippen LogP contribution < -0.4 is 5.73 Å². The third kappa shape index (κ3) is 2.19. The molecular weight excluding hydrogens is 273 g/mol. The number of nitrogens with two attached hydrogens (primary N) is 1. The lowest BCUT2D eigenvalue weighted by Crippen LogP contribution is -1.99. The highest BCUT2D eigenvalue weighted by Gasteiger charge is 2.08. The Morgan fingerprint density at radius 2 is 2.00 bits per heavy atom. The van der Waals surface area contributed by atoms with Crippen molar-refractivity contribution in [2.45, 2.75) is 6.92 Å². The van der Waals surface area contributed by atoms with Crippen molar-refractivity contribution in [1.82, 2.24) is 9.97 Å². The Morgan fingerprint density at radius 1 is 1.25 bits per heavy atom. The number of aromatic nitrogens is 2. The molecule has 0 amide bonds. The summed E-state index contributed by atoms with van der Waals surface area (Å²) in [5, 5.41) is 0. The van der Waals surface area contributed by atoms with Crippen LogP contribution >= 0.6 is 15.9 Å². The zero-order chi connectivity index (χ0) is 11.7. The smallest absolute Gasteiger partial charge is 0.220 e. The molecular formula is C11H9BrFN3. The normalized spacial score (nSPS) is 10.4. The summed E-state index contributed by atoms with van der Waals surface area (Å²) in [4.78, 5) is 7.96. The first-order valence-electron chi connectivity index (χ1n) is 4.63. The number of aryl methyl sites for hydroxylation is 1. The molecule has 5 heteroatoms. The Bertz CT molecular complexity index is 522. The molecule has 2 N–H and O–H groups in total. The van der Waals surface area contributed by atoms with Gasteiger partial charge in [-0.05, 0) is 31.2 Å². The first-order chi connectivity index (χ1) is 7.56. The van der Waals surface area contributed by atoms with Gasteiger partial charge in [-0.1, -0.05) is 15.9 Å². The predicted octanol–water partition coefficient (Wildman–Crippen LogP) is 2.94. The molecule has 0 bridgehead atoms. The van der Waals surface area contributed by atoms with Crippen LogP contribution in [0.1, 0.15) is 5.69 Å². The SMILES string of the molecule is Cc1cc(-c2cc(Br)ccc2F)nc(N)n1. The summed E-state index contributed by atoms with van der Waals surface area (Å²) in [6.45, 7) is 1.79. The third-order valence-electron chi connectivity index (χ3n) is 2.08. The first-order valence-corrected chi connectivity index (χ1v) is 5.42. The predicted molar refractivity (Wildman–Crippen MR) is 64.3 cm³/mol. The van der Waals surface area contributed by atoms with Crippen LogP contribution in [0.25, 0.3) is 11.3 Å². The molecule has 16 heavy (non-hydrogen) atoms. The van der Waals surface area contributed by atoms with Crippen molar-refractivity contribution in [2.24, 2.45) is 0 Å². The van der Waals surface area contributed by atoms with E-state index in [9.17, 15) is 4.39 Å². The zero-order valence-corrected chi connectivity index (χ0v) is 10.1. The second kappa shape index (κ2) is 4.17. The number of anilines is 1. The number of halogens is 2. The van der Waals surface area contributed by atoms with Gasteiger partial charge in [0.1, 0.15) is 5.82 Å². The Kier molecular flexibility index (Phi) is 2.87. The molecule has 0 radical (unpaired) electrons. The van der Waals surface area contributed by atoms with Gasteiger partial charge in [-0.2, -0.15) is 0 Å². The van der Waals surface area contributed by atoms with Gasteiger partial charge in [0.25, 0.3) is 0 Å². The minimum Gasteiger partial charge on any atom is -0.368 e. The van der Waals surface area contributed by atoms with Crippen LogP contribution in [0.5, 0.6) is 0 Å². The van der Waals surface area contributed by atoms with Crippen molar-refractivity contribution in [3.8, 4) is 11.3 Å². The minimum atomic E-state index is -0.333. The van der Waals surface area contributed by atoms with Crippen LogP contribution in [0.15, 0.2) is 28.7 Å². The van der Waals surface area contributed by atoms with Gasteiger partial charge in [-0.15, -0.1) is 0 Å². The van der Waals surface area contributed by atoms with Crippen molar-refractivity contribution in [3.05, 3.63) is 40.2 Å². The second-order valence-electron chi connectivity index (χ2n) is 3.38. The van der Waals surface area contributed by atoms with E-state index < -0.39 is 0 Å². The van der Waals surface area contributed by atoms with E-state index in [4.69, 9.17) is 5.73 Å². The Hall–Kier alpha value is -1.49. The molecule has 0 aliphatic heterocycles. The summed E-state index contributed by atoms with van der Waals surface area (Å²) in [7, 11) is 0. The average molecular weight is 282 g/mol. The standard InChI is InChI=1S/C11H9BrFN3/c1-6-4-10(16-11(14)15-6)8-5-7(12)2-3-9(8)13/h2-5H,1H3,(H2,14,15,16). The monoisotopic (exact) mass is 281 g/mol. The molecule has 0 saturated heterocycles. The maximum atomic E-state index is 13.6. The number of rotatable bonds is 1. The second-order valence-corrected chi connectivity index (χ2v) is 4.29. The molecule has 0 aliphatic rings. The lowest BCUT2D eigenvalue weighted by Gasteiger charge is -2.05. The highest BCUT2D eigenvalue weighted by atomic mass is 79.9. The fraction of sp³-hybridized carbons (Fsp3) is 0.0909. The van der Waals surface area contributed by atoms with Gasteiger partial charge in [-0.3, -0.25) is 0 Å². The molecule has 0 fully saturated rings. The molecule has 2 aromatic rings. The summed E-state index contributed by atoms with van der Waals surface area (Å²) in [6, 6.07) is 6.38. The highest BCUT2D eigenvalue weighted by molar-refractivity contribution is 9.10. The van der Waals surface area contributed by atoms with E-state index in [1.165, 1.54) is 6.07 Å². The van der Waals surface area contributed by atoms with Crippen LogP contribution in [-0.2, 0) is 0 Å². The summed E-state index contributed by atoms with van der Waals surface area (Å²) in [5.74, 6) is -0.185. The average Bonchev–Trinajstić information content (AvgIpc) is 2.20. The number of hydrogen-bond donors (Lipinski definition) is 1. The van der Waals surface area contributed by atoms with Crippen molar-refractivity contribution >= 4 is 21.9 Å². The van der Waals surface area contributed by atoms with E-state index in [0.717, 1.165) is 4.47 Å². The number of nitrogen functional groups attached to an aromatic ring is 1. The molecule has 1 aromatic carbocycles. The molecule has 0 saturated carbocycles. The van der Waals surface area contributed by atoms with Gasteiger partial charge in [0.05, 0.1) is 5.69 Å². The molecule has 3 nitrogen and oxygen atoms in total. The fourth-order valence-corrected chi connectivity index (χ4v) is 1.78. The lowest BCUT2D eigenvalue weighted by molar-refractivity contribution is 0.630. The third-order valence-corrected chi connectivity index (χ3v) is 2.57. The van der Waals surface area contributed by atoms with Crippen LogP contribution in [-0.4, -0.2) is 9.97 Å². The Labute approximate surface area is 101 Å². The minimum absolute atomic E-state index is 0.148. The number of hydrogen-bond acceptors (Lipinski definition) is 3. The van der Waals surface area contributed by atoms with Crippen LogP contribution in [0, 0.1) is 12.7 Å². The van der Waals surface area contributed by atoms with E-state index in [1.807, 2.05) is 0 Å². The van der Waals surface area contributed by atoms with Gasteiger partial charge in [0.2, 0.25) is 5.95 Å². The van der Waals surface area contributed by atoms with Crippen molar-refractivity contribution in [2.75, 3.05) is 5.73 Å². The van der Waals surface area contributed by atoms with Gasteiger partial charge >= 0.3 is 0 Å². The van der Waals surface area contributed by atoms with Crippen molar-refractivity contribution < 1.29 is 4.39 Å². The van der Waals surface area contributed by atoms with Crippen LogP contribution in [0.4, 0.5) is 10.3 Å². The van der Waals surface area contributed by atoms with Crippen molar-refractivity contribution in [3.63, 3.8) is 0 Å². The molecule has 1 aromatic heterocycles. The van der Waals surface area contributed by atoms with E-state index >= 15 is 0 Å². The largest absolute Gasteiger partial charge is 0.368 e. The molecule has 2 rings (SSSR count). The molecule has 0 aliphatic carbocycles. The molecule has 0 spiro atoms. The topological polar surface area (TPSA) is 51.8 Å². The molecule has 1 heterocycles. The summed E-state index contributed by atoms with van der Waals surface area (Å²) in [6.07, 6.45) is 0.